The van der Waals surface area contributed by atoms with E-state index in [-0.39, 0.29) is 11.1 Å². The van der Waals surface area contributed by atoms with E-state index in [4.69, 9.17) is 14.5 Å². The lowest BCUT2D eigenvalue weighted by molar-refractivity contribution is 0.147. The minimum atomic E-state index is 0.0856. The molecule has 1 fully saturated rings. The Morgan fingerprint density at radius 1 is 0.950 bits per heavy atom. The third kappa shape index (κ3) is 6.37. The summed E-state index contributed by atoms with van der Waals surface area (Å²) in [5.41, 5.74) is 5.59. The highest BCUT2D eigenvalue weighted by Gasteiger charge is 2.37. The maximum Gasteiger partial charge on any atom is 0.124 e. The Morgan fingerprint density at radius 3 is 2.27 bits per heavy atom. The zero-order chi connectivity index (χ0) is 28.5. The maximum absolute atomic E-state index is 5.61. The van der Waals surface area contributed by atoms with Crippen molar-refractivity contribution in [2.75, 3.05) is 32.2 Å². The summed E-state index contributed by atoms with van der Waals surface area (Å²) in [4.78, 5) is 11.9. The second-order valence-electron chi connectivity index (χ2n) is 12.0. The molecule has 4 aromatic rings. The fourth-order valence-corrected chi connectivity index (χ4v) is 6.06. The standard InChI is InChI=1S/C31H41N7O2/c1-30(2)16-22(17-31(3,4)36-30)32-10-11-38(24-12-25(39-6)15-26(13-24)40-7)23-8-9-27-28(14-23)35-29(19-33-27)21-18-34-37(5)20-21/h8-9,12-15,18-20,22,32,36H,10-11,16-17H2,1-7H3. The topological polar surface area (TPSA) is 89.4 Å². The van der Waals surface area contributed by atoms with E-state index in [1.54, 1.807) is 25.1 Å². The molecule has 1 aliphatic rings. The zero-order valence-electron chi connectivity index (χ0n) is 24.7. The van der Waals surface area contributed by atoms with E-state index in [1.165, 1.54) is 0 Å². The van der Waals surface area contributed by atoms with E-state index >= 15 is 0 Å². The first-order valence-corrected chi connectivity index (χ1v) is 13.8. The molecule has 3 heterocycles. The largest absolute Gasteiger partial charge is 0.497 e. The number of aryl methyl sites for hydroxylation is 1. The van der Waals surface area contributed by atoms with E-state index in [0.717, 1.165) is 71.1 Å². The predicted octanol–water partition coefficient (Wildman–Crippen LogP) is 5.08. The SMILES string of the molecule is COc1cc(OC)cc(N(CCNC2CC(C)(C)NC(C)(C)C2)c2ccc3ncc(-c4cnn(C)c4)nc3c2)c1. The van der Waals surface area contributed by atoms with Crippen molar-refractivity contribution < 1.29 is 9.47 Å². The lowest BCUT2D eigenvalue weighted by Gasteiger charge is -2.47. The van der Waals surface area contributed by atoms with Crippen LogP contribution in [-0.4, -0.2) is 64.2 Å². The molecule has 212 valence electrons. The first kappa shape index (κ1) is 27.9. The van der Waals surface area contributed by atoms with Crippen LogP contribution in [-0.2, 0) is 7.05 Å². The van der Waals surface area contributed by atoms with E-state index in [9.17, 15) is 0 Å². The molecule has 0 aliphatic carbocycles. The molecular weight excluding hydrogens is 502 g/mol. The van der Waals surface area contributed by atoms with Gasteiger partial charge in [0.2, 0.25) is 0 Å². The van der Waals surface area contributed by atoms with Crippen LogP contribution in [0, 0.1) is 0 Å². The number of piperidine rings is 1. The van der Waals surface area contributed by atoms with Gasteiger partial charge in [0.1, 0.15) is 11.5 Å². The lowest BCUT2D eigenvalue weighted by Crippen LogP contribution is -2.61. The number of methoxy groups -OCH3 is 2. The van der Waals surface area contributed by atoms with Crippen LogP contribution < -0.4 is 25.0 Å². The van der Waals surface area contributed by atoms with Crippen LogP contribution in [0.4, 0.5) is 11.4 Å². The summed E-state index contributed by atoms with van der Waals surface area (Å²) in [7, 11) is 5.25. The van der Waals surface area contributed by atoms with Gasteiger partial charge in [0, 0.05) is 78.6 Å². The third-order valence-corrected chi connectivity index (χ3v) is 7.44. The maximum atomic E-state index is 5.61. The third-order valence-electron chi connectivity index (χ3n) is 7.44. The molecule has 5 rings (SSSR count). The summed E-state index contributed by atoms with van der Waals surface area (Å²) in [6.45, 7) is 10.7. The van der Waals surface area contributed by atoms with E-state index in [1.807, 2.05) is 43.7 Å². The van der Waals surface area contributed by atoms with Gasteiger partial charge in [-0.3, -0.25) is 9.67 Å². The average Bonchev–Trinajstić information content (AvgIpc) is 3.34. The lowest BCUT2D eigenvalue weighted by atomic mass is 9.79. The van der Waals surface area contributed by atoms with Crippen LogP contribution in [0.3, 0.4) is 0 Å². The molecule has 9 heteroatoms. The van der Waals surface area contributed by atoms with Crippen LogP contribution in [0.25, 0.3) is 22.3 Å². The highest BCUT2D eigenvalue weighted by molar-refractivity contribution is 5.82. The van der Waals surface area contributed by atoms with Crippen molar-refractivity contribution in [3.8, 4) is 22.8 Å². The molecule has 0 atom stereocenters. The van der Waals surface area contributed by atoms with Gasteiger partial charge in [-0.2, -0.15) is 5.10 Å². The Kier molecular flexibility index (Phi) is 7.70. The average molecular weight is 544 g/mol. The second kappa shape index (κ2) is 11.1. The molecule has 9 nitrogen and oxygen atoms in total. The normalized spacial score (nSPS) is 16.7. The van der Waals surface area contributed by atoms with Crippen LogP contribution in [0.2, 0.25) is 0 Å². The highest BCUT2D eigenvalue weighted by atomic mass is 16.5. The molecule has 0 saturated carbocycles. The van der Waals surface area contributed by atoms with Crippen molar-refractivity contribution in [1.82, 2.24) is 30.4 Å². The molecular formula is C31H41N7O2. The minimum absolute atomic E-state index is 0.0856. The van der Waals surface area contributed by atoms with Gasteiger partial charge in [0.05, 0.1) is 43.3 Å². The molecule has 2 aromatic carbocycles. The van der Waals surface area contributed by atoms with E-state index < -0.39 is 0 Å². The molecule has 0 radical (unpaired) electrons. The van der Waals surface area contributed by atoms with E-state index in [0.29, 0.717) is 6.04 Å². The molecule has 0 unspecified atom stereocenters. The van der Waals surface area contributed by atoms with Crippen molar-refractivity contribution in [1.29, 1.82) is 0 Å². The highest BCUT2D eigenvalue weighted by Crippen LogP contribution is 2.34. The number of hydrogen-bond acceptors (Lipinski definition) is 8. The number of fused-ring (bicyclic) bond motifs is 1. The van der Waals surface area contributed by atoms with Crippen molar-refractivity contribution in [3.63, 3.8) is 0 Å². The number of ether oxygens (including phenoxy) is 2. The predicted molar refractivity (Wildman–Crippen MR) is 161 cm³/mol. The molecule has 0 spiro atoms. The molecule has 0 amide bonds. The molecule has 1 saturated heterocycles. The van der Waals surface area contributed by atoms with Gasteiger partial charge in [-0.1, -0.05) is 0 Å². The Balaban J connectivity index is 1.46. The first-order chi connectivity index (χ1) is 19.0. The van der Waals surface area contributed by atoms with Crippen LogP contribution in [0.5, 0.6) is 11.5 Å². The number of nitrogens with zero attached hydrogens (tertiary/aromatic N) is 5. The fraction of sp³-hybridized carbons (Fsp3) is 0.452. The van der Waals surface area contributed by atoms with Gasteiger partial charge in [-0.05, 0) is 58.7 Å². The minimum Gasteiger partial charge on any atom is -0.497 e. The summed E-state index contributed by atoms with van der Waals surface area (Å²) >= 11 is 0. The molecule has 2 N–H and O–H groups in total. The Bertz CT molecular complexity index is 1440. The van der Waals surface area contributed by atoms with Crippen molar-refractivity contribution >= 4 is 22.4 Å². The summed E-state index contributed by atoms with van der Waals surface area (Å²) in [5.74, 6) is 1.49. The summed E-state index contributed by atoms with van der Waals surface area (Å²) < 4.78 is 13.0. The fourth-order valence-electron chi connectivity index (χ4n) is 6.06. The Labute approximate surface area is 236 Å². The molecule has 40 heavy (non-hydrogen) atoms. The van der Waals surface area contributed by atoms with Gasteiger partial charge in [-0.15, -0.1) is 0 Å². The van der Waals surface area contributed by atoms with Gasteiger partial charge in [0.15, 0.2) is 0 Å². The zero-order valence-corrected chi connectivity index (χ0v) is 24.7. The monoisotopic (exact) mass is 543 g/mol. The summed E-state index contributed by atoms with van der Waals surface area (Å²) in [6, 6.07) is 12.6. The van der Waals surface area contributed by atoms with Crippen molar-refractivity contribution in [2.45, 2.75) is 57.7 Å². The van der Waals surface area contributed by atoms with Gasteiger partial charge in [-0.25, -0.2) is 4.98 Å². The van der Waals surface area contributed by atoms with Crippen molar-refractivity contribution in [3.05, 3.63) is 55.0 Å². The van der Waals surface area contributed by atoms with Gasteiger partial charge >= 0.3 is 0 Å². The quantitative estimate of drug-likeness (QED) is 0.302. The van der Waals surface area contributed by atoms with Crippen molar-refractivity contribution in [2.24, 2.45) is 7.05 Å². The molecule has 2 aromatic heterocycles. The number of aromatic nitrogens is 4. The van der Waals surface area contributed by atoms with Crippen LogP contribution >= 0.6 is 0 Å². The Hall–Kier alpha value is -3.69. The number of rotatable bonds is 9. The second-order valence-corrected chi connectivity index (χ2v) is 12.0. The van der Waals surface area contributed by atoms with Gasteiger partial charge < -0.3 is 25.0 Å². The first-order valence-electron chi connectivity index (χ1n) is 13.8. The van der Waals surface area contributed by atoms with Crippen LogP contribution in [0.15, 0.2) is 55.0 Å². The van der Waals surface area contributed by atoms with E-state index in [2.05, 4.69) is 65.4 Å². The smallest absolute Gasteiger partial charge is 0.124 e. The number of hydrogen-bond donors (Lipinski definition) is 2. The Morgan fingerprint density at radius 2 is 1.65 bits per heavy atom. The number of nitrogens with one attached hydrogen (secondary N) is 2. The molecule has 0 bridgehead atoms. The number of anilines is 2. The molecule has 1 aliphatic heterocycles. The number of benzene rings is 2. The summed E-state index contributed by atoms with van der Waals surface area (Å²) in [5, 5.41) is 11.9. The van der Waals surface area contributed by atoms with Gasteiger partial charge in [0.25, 0.3) is 0 Å². The van der Waals surface area contributed by atoms with Crippen LogP contribution in [0.1, 0.15) is 40.5 Å². The summed E-state index contributed by atoms with van der Waals surface area (Å²) in [6.07, 6.45) is 7.71.